The van der Waals surface area contributed by atoms with Crippen LogP contribution in [0.4, 0.5) is 0 Å². The van der Waals surface area contributed by atoms with Crippen molar-refractivity contribution in [3.05, 3.63) is 18.0 Å². The predicted molar refractivity (Wildman–Crippen MR) is 60.6 cm³/mol. The summed E-state index contributed by atoms with van der Waals surface area (Å²) in [6.07, 6.45) is 8.37. The average molecular weight is 222 g/mol. The second-order valence-electron chi connectivity index (χ2n) is 4.46. The molecule has 1 unspecified atom stereocenters. The largest absolute Gasteiger partial charge is 0.368 e. The third kappa shape index (κ3) is 2.41. The van der Waals surface area contributed by atoms with Crippen molar-refractivity contribution in [1.82, 2.24) is 9.78 Å². The van der Waals surface area contributed by atoms with Gasteiger partial charge in [-0.05, 0) is 30.7 Å². The fourth-order valence-corrected chi connectivity index (χ4v) is 1.87. The minimum Gasteiger partial charge on any atom is -0.368 e. The second-order valence-corrected chi connectivity index (χ2v) is 4.46. The molecule has 1 amide bonds. The number of primary amides is 1. The molecule has 5 heteroatoms. The van der Waals surface area contributed by atoms with E-state index in [2.05, 4.69) is 11.3 Å². The fraction of sp³-hybridized carbons (Fsp3) is 0.636. The maximum Gasteiger partial charge on any atom is 0.234 e. The summed E-state index contributed by atoms with van der Waals surface area (Å²) in [5, 5.41) is 4.26. The van der Waals surface area contributed by atoms with Gasteiger partial charge >= 0.3 is 0 Å². The molecule has 0 aliphatic heterocycles. The van der Waals surface area contributed by atoms with Gasteiger partial charge in [-0.25, -0.2) is 0 Å². The van der Waals surface area contributed by atoms with Crippen LogP contribution in [0.2, 0.25) is 0 Å². The molecule has 1 aliphatic carbocycles. The summed E-state index contributed by atoms with van der Waals surface area (Å²) >= 11 is 0. The third-order valence-corrected chi connectivity index (χ3v) is 3.26. The van der Waals surface area contributed by atoms with Crippen LogP contribution in [0.1, 0.15) is 37.2 Å². The number of rotatable bonds is 5. The third-order valence-electron chi connectivity index (χ3n) is 3.26. The topological polar surface area (TPSA) is 86.9 Å². The first-order valence-corrected chi connectivity index (χ1v) is 5.74. The molecule has 1 heterocycles. The van der Waals surface area contributed by atoms with Gasteiger partial charge in [0.25, 0.3) is 0 Å². The summed E-state index contributed by atoms with van der Waals surface area (Å²) in [5.74, 6) is 0.241. The molecule has 1 fully saturated rings. The number of aromatic nitrogens is 2. The van der Waals surface area contributed by atoms with E-state index in [0.29, 0.717) is 18.9 Å². The zero-order valence-corrected chi connectivity index (χ0v) is 9.30. The Bertz CT molecular complexity index is 370. The van der Waals surface area contributed by atoms with Gasteiger partial charge in [-0.2, -0.15) is 5.10 Å². The highest BCUT2D eigenvalue weighted by atomic mass is 16.1. The van der Waals surface area contributed by atoms with Gasteiger partial charge in [0.05, 0.1) is 12.2 Å². The van der Waals surface area contributed by atoms with Crippen LogP contribution in [-0.2, 0) is 11.3 Å². The van der Waals surface area contributed by atoms with Crippen molar-refractivity contribution in [3.63, 3.8) is 0 Å². The van der Waals surface area contributed by atoms with Crippen molar-refractivity contribution in [2.75, 3.05) is 0 Å². The van der Waals surface area contributed by atoms with Crippen molar-refractivity contribution in [2.45, 2.75) is 44.2 Å². The van der Waals surface area contributed by atoms with Gasteiger partial charge in [0.15, 0.2) is 0 Å². The maximum atomic E-state index is 10.8. The van der Waals surface area contributed by atoms with E-state index < -0.39 is 11.9 Å². The van der Waals surface area contributed by atoms with Gasteiger partial charge in [-0.1, -0.05) is 6.42 Å². The molecule has 0 radical (unpaired) electrons. The molecule has 0 saturated heterocycles. The number of carbonyl (C=O) groups excluding carboxylic acids is 1. The van der Waals surface area contributed by atoms with Crippen LogP contribution in [0.15, 0.2) is 12.4 Å². The molecule has 16 heavy (non-hydrogen) atoms. The van der Waals surface area contributed by atoms with E-state index in [1.54, 1.807) is 0 Å². The standard InChI is InChI=1S/C11H18N4O/c12-10(11(13)16)4-5-15-7-9(6-14-15)8-2-1-3-8/h6-8,10H,1-5,12H2,(H2,13,16). The number of amides is 1. The Labute approximate surface area is 94.8 Å². The first-order chi connectivity index (χ1) is 7.66. The molecule has 1 atom stereocenters. The molecular formula is C11H18N4O. The van der Waals surface area contributed by atoms with Crippen LogP contribution >= 0.6 is 0 Å². The lowest BCUT2D eigenvalue weighted by Crippen LogP contribution is -2.37. The molecular weight excluding hydrogens is 204 g/mol. The van der Waals surface area contributed by atoms with Gasteiger partial charge in [0.1, 0.15) is 0 Å². The van der Waals surface area contributed by atoms with Crippen molar-refractivity contribution >= 4 is 5.91 Å². The van der Waals surface area contributed by atoms with Gasteiger partial charge in [-0.3, -0.25) is 9.48 Å². The van der Waals surface area contributed by atoms with Crippen molar-refractivity contribution in [3.8, 4) is 0 Å². The van der Waals surface area contributed by atoms with Gasteiger partial charge in [0, 0.05) is 12.7 Å². The summed E-state index contributed by atoms with van der Waals surface area (Å²) in [5.41, 5.74) is 11.9. The Morgan fingerprint density at radius 2 is 2.38 bits per heavy atom. The summed E-state index contributed by atoms with van der Waals surface area (Å²) in [6.45, 7) is 0.650. The number of aryl methyl sites for hydroxylation is 1. The molecule has 2 rings (SSSR count). The summed E-state index contributed by atoms with van der Waals surface area (Å²) in [4.78, 5) is 10.8. The van der Waals surface area contributed by atoms with Crippen LogP contribution < -0.4 is 11.5 Å². The number of hydrogen-bond donors (Lipinski definition) is 2. The highest BCUT2D eigenvalue weighted by molar-refractivity contribution is 5.79. The number of nitrogens with two attached hydrogens (primary N) is 2. The van der Waals surface area contributed by atoms with E-state index in [1.807, 2.05) is 10.9 Å². The van der Waals surface area contributed by atoms with Crippen LogP contribution in [-0.4, -0.2) is 21.7 Å². The van der Waals surface area contributed by atoms with Gasteiger partial charge < -0.3 is 11.5 Å². The summed E-state index contributed by atoms with van der Waals surface area (Å²) in [6, 6.07) is -0.573. The first-order valence-electron chi connectivity index (χ1n) is 5.74. The van der Waals surface area contributed by atoms with Gasteiger partial charge in [-0.15, -0.1) is 0 Å². The second kappa shape index (κ2) is 4.65. The SMILES string of the molecule is NC(=O)C(N)CCn1cc(C2CCC2)cn1. The lowest BCUT2D eigenvalue weighted by atomic mass is 9.81. The number of nitrogens with zero attached hydrogens (tertiary/aromatic N) is 2. The van der Waals surface area contributed by atoms with Crippen molar-refractivity contribution in [2.24, 2.45) is 11.5 Å². The molecule has 0 spiro atoms. The van der Waals surface area contributed by atoms with Gasteiger partial charge in [0.2, 0.25) is 5.91 Å². The predicted octanol–water partition coefficient (Wildman–Crippen LogP) is 0.353. The zero-order valence-electron chi connectivity index (χ0n) is 9.30. The van der Waals surface area contributed by atoms with E-state index in [0.717, 1.165) is 0 Å². The van der Waals surface area contributed by atoms with E-state index in [-0.39, 0.29) is 0 Å². The fourth-order valence-electron chi connectivity index (χ4n) is 1.87. The molecule has 1 aromatic rings. The van der Waals surface area contributed by atoms with E-state index >= 15 is 0 Å². The van der Waals surface area contributed by atoms with Crippen LogP contribution in [0, 0.1) is 0 Å². The molecule has 1 aromatic heterocycles. The Kier molecular flexibility index (Phi) is 3.24. The number of hydrogen-bond acceptors (Lipinski definition) is 3. The lowest BCUT2D eigenvalue weighted by Gasteiger charge is -2.23. The lowest BCUT2D eigenvalue weighted by molar-refractivity contribution is -0.119. The van der Waals surface area contributed by atoms with Crippen LogP contribution in [0.25, 0.3) is 0 Å². The Hall–Kier alpha value is -1.36. The average Bonchev–Trinajstić information content (AvgIpc) is 2.59. The molecule has 1 saturated carbocycles. The minimum absolute atomic E-state index is 0.452. The first kappa shape index (κ1) is 11.1. The molecule has 0 aromatic carbocycles. The van der Waals surface area contributed by atoms with E-state index in [1.165, 1.54) is 24.8 Å². The Morgan fingerprint density at radius 1 is 1.62 bits per heavy atom. The monoisotopic (exact) mass is 222 g/mol. The van der Waals surface area contributed by atoms with Crippen molar-refractivity contribution in [1.29, 1.82) is 0 Å². The van der Waals surface area contributed by atoms with Crippen LogP contribution in [0.5, 0.6) is 0 Å². The number of carbonyl (C=O) groups is 1. The minimum atomic E-state index is -0.573. The normalized spacial score (nSPS) is 18.1. The summed E-state index contributed by atoms with van der Waals surface area (Å²) in [7, 11) is 0. The molecule has 5 nitrogen and oxygen atoms in total. The quantitative estimate of drug-likeness (QED) is 0.753. The molecule has 4 N–H and O–H groups in total. The van der Waals surface area contributed by atoms with E-state index in [9.17, 15) is 4.79 Å². The summed E-state index contributed by atoms with van der Waals surface area (Å²) < 4.78 is 1.84. The highest BCUT2D eigenvalue weighted by Gasteiger charge is 2.20. The maximum absolute atomic E-state index is 10.8. The zero-order chi connectivity index (χ0) is 11.5. The van der Waals surface area contributed by atoms with Crippen molar-refractivity contribution < 1.29 is 4.79 Å². The molecule has 1 aliphatic rings. The smallest absolute Gasteiger partial charge is 0.234 e. The Balaban J connectivity index is 1.85. The molecule has 0 bridgehead atoms. The Morgan fingerprint density at radius 3 is 2.94 bits per heavy atom. The van der Waals surface area contributed by atoms with Crippen LogP contribution in [0.3, 0.4) is 0 Å². The highest BCUT2D eigenvalue weighted by Crippen LogP contribution is 2.35. The van der Waals surface area contributed by atoms with E-state index in [4.69, 9.17) is 11.5 Å². The molecule has 88 valence electrons.